The molecule has 0 saturated heterocycles. The summed E-state index contributed by atoms with van der Waals surface area (Å²) in [5, 5.41) is 5.26. The maximum atomic E-state index is 11.8. The van der Waals surface area contributed by atoms with E-state index in [4.69, 9.17) is 5.14 Å². The number of fused-ring (bicyclic) bond motifs is 1. The average molecular weight is 238 g/mol. The van der Waals surface area contributed by atoms with Gasteiger partial charge in [-0.1, -0.05) is 11.6 Å². The molecule has 0 amide bonds. The summed E-state index contributed by atoms with van der Waals surface area (Å²) < 4.78 is 22.3. The Hall–Kier alpha value is -1.66. The van der Waals surface area contributed by atoms with Crippen molar-refractivity contribution < 1.29 is 8.42 Å². The molecular weight excluding hydrogens is 228 g/mol. The van der Waals surface area contributed by atoms with Crippen molar-refractivity contribution in [2.24, 2.45) is 5.14 Å². The van der Waals surface area contributed by atoms with E-state index in [1.54, 1.807) is 12.1 Å². The Labute approximate surface area is 92.0 Å². The molecule has 1 heterocycles. The summed E-state index contributed by atoms with van der Waals surface area (Å²) in [6.45, 7) is 1.82. The first kappa shape index (κ1) is 10.8. The molecule has 0 radical (unpaired) electrons. The van der Waals surface area contributed by atoms with Gasteiger partial charge >= 0.3 is 0 Å². The highest BCUT2D eigenvalue weighted by atomic mass is 32.2. The average Bonchev–Trinajstić information content (AvgIpc) is 2.17. The van der Waals surface area contributed by atoms with Crippen molar-refractivity contribution in [3.8, 4) is 0 Å². The van der Waals surface area contributed by atoms with Crippen LogP contribution in [0.3, 0.4) is 0 Å². The molecule has 0 bridgehead atoms. The molecule has 0 saturated carbocycles. The molecule has 0 spiro atoms. The molecule has 84 valence electrons. The second-order valence-corrected chi connectivity index (χ2v) is 5.11. The van der Waals surface area contributed by atoms with Crippen LogP contribution in [0.4, 0.5) is 0 Å². The Bertz CT molecular complexity index is 716. The van der Waals surface area contributed by atoms with Crippen molar-refractivity contribution in [1.29, 1.82) is 0 Å². The van der Waals surface area contributed by atoms with Crippen LogP contribution >= 0.6 is 0 Å². The molecule has 1 aromatic carbocycles. The number of aromatic amines is 1. The van der Waals surface area contributed by atoms with Crippen LogP contribution in [0.15, 0.2) is 34.1 Å². The molecule has 0 unspecified atom stereocenters. The number of aromatic nitrogens is 1. The molecule has 0 aliphatic carbocycles. The second kappa shape index (κ2) is 3.43. The Kier molecular flexibility index (Phi) is 2.32. The number of aryl methyl sites for hydroxylation is 1. The predicted molar refractivity (Wildman–Crippen MR) is 60.7 cm³/mol. The lowest BCUT2D eigenvalue weighted by Gasteiger charge is -2.02. The van der Waals surface area contributed by atoms with Crippen molar-refractivity contribution in [3.05, 3.63) is 40.2 Å². The van der Waals surface area contributed by atoms with Gasteiger partial charge in [-0.3, -0.25) is 4.79 Å². The van der Waals surface area contributed by atoms with E-state index < -0.39 is 20.3 Å². The number of nitrogens with two attached hydrogens (primary N) is 1. The first-order valence-corrected chi connectivity index (χ1v) is 6.09. The normalized spacial score (nSPS) is 11.9. The SMILES string of the molecule is Cc1ccc2[nH]cc(S(N)(=O)=O)c(=O)c2c1. The van der Waals surface area contributed by atoms with Crippen LogP contribution in [0.2, 0.25) is 0 Å². The summed E-state index contributed by atoms with van der Waals surface area (Å²) in [7, 11) is -3.98. The van der Waals surface area contributed by atoms with Crippen molar-refractivity contribution in [1.82, 2.24) is 4.98 Å². The third kappa shape index (κ3) is 1.72. The summed E-state index contributed by atoms with van der Waals surface area (Å²) >= 11 is 0. The molecule has 0 fully saturated rings. The monoisotopic (exact) mass is 238 g/mol. The number of hydrogen-bond donors (Lipinski definition) is 2. The maximum Gasteiger partial charge on any atom is 0.243 e. The summed E-state index contributed by atoms with van der Waals surface area (Å²) in [4.78, 5) is 14.2. The van der Waals surface area contributed by atoms with Gasteiger partial charge in [-0.05, 0) is 19.1 Å². The van der Waals surface area contributed by atoms with Crippen LogP contribution in [-0.2, 0) is 10.0 Å². The van der Waals surface area contributed by atoms with E-state index in [-0.39, 0.29) is 0 Å². The van der Waals surface area contributed by atoms with Crippen molar-refractivity contribution in [2.75, 3.05) is 0 Å². The standard InChI is InChI=1S/C10H10N2O3S/c1-6-2-3-8-7(4-6)10(13)9(5-12-8)16(11,14)15/h2-5H,1H3,(H,12,13)(H2,11,14,15). The van der Waals surface area contributed by atoms with Gasteiger partial charge in [0.1, 0.15) is 4.90 Å². The van der Waals surface area contributed by atoms with Crippen molar-refractivity contribution in [3.63, 3.8) is 0 Å². The number of sulfonamides is 1. The quantitative estimate of drug-likeness (QED) is 0.756. The molecule has 3 N–H and O–H groups in total. The Morgan fingerprint density at radius 2 is 2.00 bits per heavy atom. The minimum absolute atomic E-state index is 0.325. The van der Waals surface area contributed by atoms with Crippen LogP contribution in [-0.4, -0.2) is 13.4 Å². The number of benzene rings is 1. The Morgan fingerprint density at radius 3 is 2.62 bits per heavy atom. The van der Waals surface area contributed by atoms with Gasteiger partial charge in [0.25, 0.3) is 0 Å². The fourth-order valence-corrected chi connectivity index (χ4v) is 2.12. The lowest BCUT2D eigenvalue weighted by atomic mass is 10.1. The van der Waals surface area contributed by atoms with E-state index in [2.05, 4.69) is 4.98 Å². The van der Waals surface area contributed by atoms with E-state index in [9.17, 15) is 13.2 Å². The van der Waals surface area contributed by atoms with Gasteiger partial charge in [0.15, 0.2) is 0 Å². The summed E-state index contributed by atoms with van der Waals surface area (Å²) in [5.41, 5.74) is 0.896. The molecule has 5 nitrogen and oxygen atoms in total. The van der Waals surface area contributed by atoms with Crippen LogP contribution in [0, 0.1) is 6.92 Å². The van der Waals surface area contributed by atoms with E-state index in [1.807, 2.05) is 13.0 Å². The minimum atomic E-state index is -3.98. The zero-order chi connectivity index (χ0) is 11.9. The second-order valence-electron chi connectivity index (χ2n) is 3.58. The summed E-state index contributed by atoms with van der Waals surface area (Å²) in [6, 6.07) is 5.18. The molecule has 0 atom stereocenters. The van der Waals surface area contributed by atoms with Gasteiger partial charge in [0, 0.05) is 17.1 Å². The number of rotatable bonds is 1. The fraction of sp³-hybridized carbons (Fsp3) is 0.100. The largest absolute Gasteiger partial charge is 0.360 e. The topological polar surface area (TPSA) is 93.0 Å². The maximum absolute atomic E-state index is 11.8. The first-order valence-electron chi connectivity index (χ1n) is 4.54. The molecule has 1 aromatic heterocycles. The van der Waals surface area contributed by atoms with Gasteiger partial charge in [-0.15, -0.1) is 0 Å². The number of pyridine rings is 1. The van der Waals surface area contributed by atoms with Gasteiger partial charge in [-0.25, -0.2) is 13.6 Å². The minimum Gasteiger partial charge on any atom is -0.360 e. The highest BCUT2D eigenvalue weighted by Crippen LogP contribution is 2.11. The molecule has 0 aliphatic rings. The molecule has 6 heteroatoms. The Balaban J connectivity index is 2.95. The van der Waals surface area contributed by atoms with Gasteiger partial charge in [0.2, 0.25) is 15.5 Å². The molecular formula is C10H10N2O3S. The Morgan fingerprint density at radius 1 is 1.31 bits per heavy atom. The van der Waals surface area contributed by atoms with Crippen LogP contribution < -0.4 is 10.6 Å². The third-order valence-corrected chi connectivity index (χ3v) is 3.23. The summed E-state index contributed by atoms with van der Waals surface area (Å²) in [6.07, 6.45) is 1.12. The lowest BCUT2D eigenvalue weighted by molar-refractivity contribution is 0.597. The number of primary sulfonamides is 1. The molecule has 2 aromatic rings. The van der Waals surface area contributed by atoms with Crippen LogP contribution in [0.25, 0.3) is 10.9 Å². The number of H-pyrrole nitrogens is 1. The first-order chi connectivity index (χ1) is 7.39. The molecule has 2 rings (SSSR count). The number of hydrogen-bond acceptors (Lipinski definition) is 3. The van der Waals surface area contributed by atoms with Crippen LogP contribution in [0.1, 0.15) is 5.56 Å². The summed E-state index contributed by atoms with van der Waals surface area (Å²) in [5.74, 6) is 0. The number of nitrogens with one attached hydrogen (secondary N) is 1. The van der Waals surface area contributed by atoms with Gasteiger partial charge < -0.3 is 4.98 Å². The lowest BCUT2D eigenvalue weighted by Crippen LogP contribution is -2.22. The zero-order valence-corrected chi connectivity index (χ0v) is 9.34. The zero-order valence-electron chi connectivity index (χ0n) is 8.52. The van der Waals surface area contributed by atoms with Gasteiger partial charge in [-0.2, -0.15) is 0 Å². The predicted octanol–water partition coefficient (Wildman–Crippen LogP) is 0.484. The van der Waals surface area contributed by atoms with Crippen molar-refractivity contribution in [2.45, 2.75) is 11.8 Å². The van der Waals surface area contributed by atoms with E-state index in [0.29, 0.717) is 10.9 Å². The van der Waals surface area contributed by atoms with E-state index in [1.165, 1.54) is 0 Å². The third-order valence-electron chi connectivity index (χ3n) is 2.31. The van der Waals surface area contributed by atoms with Gasteiger partial charge in [0.05, 0.1) is 0 Å². The van der Waals surface area contributed by atoms with E-state index in [0.717, 1.165) is 11.8 Å². The fourth-order valence-electron chi connectivity index (χ4n) is 1.52. The molecule has 16 heavy (non-hydrogen) atoms. The van der Waals surface area contributed by atoms with Crippen LogP contribution in [0.5, 0.6) is 0 Å². The smallest absolute Gasteiger partial charge is 0.243 e. The highest BCUT2D eigenvalue weighted by molar-refractivity contribution is 7.89. The molecule has 0 aliphatic heterocycles. The highest BCUT2D eigenvalue weighted by Gasteiger charge is 2.14. The van der Waals surface area contributed by atoms with Crippen molar-refractivity contribution >= 4 is 20.9 Å². The van der Waals surface area contributed by atoms with E-state index >= 15 is 0 Å².